The van der Waals surface area contributed by atoms with Crippen LogP contribution in [-0.2, 0) is 4.79 Å². The topological polar surface area (TPSA) is 60.5 Å². The molecule has 0 saturated heterocycles. The third-order valence-corrected chi connectivity index (χ3v) is 6.40. The van der Waals surface area contributed by atoms with Crippen LogP contribution in [0.25, 0.3) is 17.3 Å². The maximum Gasteiger partial charge on any atom is 0.250 e. The number of hydrogen-bond acceptors (Lipinski definition) is 5. The number of aromatic nitrogens is 1. The van der Waals surface area contributed by atoms with E-state index in [9.17, 15) is 4.79 Å². The number of carbonyl (C=O) groups is 1. The Morgan fingerprint density at radius 2 is 1.78 bits per heavy atom. The SMILES string of the molecule is COc1ccc(-c2csc(NC(=O)/C=C/c3ccc(OCC4CCCCC4)cc3)n2)cc1. The Bertz CT molecular complexity index is 1040. The molecule has 0 bridgehead atoms. The van der Waals surface area contributed by atoms with Crippen molar-refractivity contribution in [2.45, 2.75) is 32.1 Å². The van der Waals surface area contributed by atoms with Gasteiger partial charge >= 0.3 is 0 Å². The highest BCUT2D eigenvalue weighted by atomic mass is 32.1. The van der Waals surface area contributed by atoms with Gasteiger partial charge in [0, 0.05) is 17.0 Å². The first kappa shape index (κ1) is 22.1. The fourth-order valence-corrected chi connectivity index (χ4v) is 4.51. The number of nitrogens with zero attached hydrogens (tertiary/aromatic N) is 1. The molecule has 0 aliphatic heterocycles. The highest BCUT2D eigenvalue weighted by Crippen LogP contribution is 2.27. The molecule has 1 aromatic heterocycles. The molecular formula is C26H28N2O3S. The molecule has 0 radical (unpaired) electrons. The van der Waals surface area contributed by atoms with Crippen molar-refractivity contribution in [3.05, 3.63) is 65.6 Å². The van der Waals surface area contributed by atoms with Crippen LogP contribution in [0.2, 0.25) is 0 Å². The average molecular weight is 449 g/mol. The normalized spacial score (nSPS) is 14.4. The minimum Gasteiger partial charge on any atom is -0.497 e. The van der Waals surface area contributed by atoms with Crippen LogP contribution in [0, 0.1) is 5.92 Å². The van der Waals surface area contributed by atoms with Crippen LogP contribution in [0.4, 0.5) is 5.13 Å². The molecule has 0 spiro atoms. The molecule has 3 aromatic rings. The van der Waals surface area contributed by atoms with Crippen molar-refractivity contribution in [3.63, 3.8) is 0 Å². The molecule has 0 atom stereocenters. The number of rotatable bonds is 8. The summed E-state index contributed by atoms with van der Waals surface area (Å²) >= 11 is 1.40. The van der Waals surface area contributed by atoms with Gasteiger partial charge in [0.05, 0.1) is 19.4 Å². The number of ether oxygens (including phenoxy) is 2. The van der Waals surface area contributed by atoms with Gasteiger partial charge in [0.1, 0.15) is 11.5 Å². The Morgan fingerprint density at radius 1 is 1.06 bits per heavy atom. The molecule has 0 unspecified atom stereocenters. The van der Waals surface area contributed by atoms with E-state index in [4.69, 9.17) is 9.47 Å². The van der Waals surface area contributed by atoms with Crippen molar-refractivity contribution in [1.29, 1.82) is 0 Å². The van der Waals surface area contributed by atoms with Crippen LogP contribution in [0.3, 0.4) is 0 Å². The number of nitrogens with one attached hydrogen (secondary N) is 1. The Kier molecular flexibility index (Phi) is 7.56. The monoisotopic (exact) mass is 448 g/mol. The molecule has 1 N–H and O–H groups in total. The van der Waals surface area contributed by atoms with Gasteiger partial charge in [-0.2, -0.15) is 0 Å². The van der Waals surface area contributed by atoms with Crippen molar-refractivity contribution in [1.82, 2.24) is 4.98 Å². The molecule has 6 heteroatoms. The molecule has 1 saturated carbocycles. The molecule has 1 aliphatic rings. The first-order chi connectivity index (χ1) is 15.7. The summed E-state index contributed by atoms with van der Waals surface area (Å²) < 4.78 is 11.1. The van der Waals surface area contributed by atoms with Crippen molar-refractivity contribution in [2.24, 2.45) is 5.92 Å². The summed E-state index contributed by atoms with van der Waals surface area (Å²) in [6, 6.07) is 15.5. The van der Waals surface area contributed by atoms with E-state index >= 15 is 0 Å². The molecule has 5 nitrogen and oxygen atoms in total. The average Bonchev–Trinajstić information content (AvgIpc) is 3.31. The van der Waals surface area contributed by atoms with E-state index in [0.29, 0.717) is 11.0 Å². The molecule has 1 aliphatic carbocycles. The van der Waals surface area contributed by atoms with Crippen LogP contribution in [0.5, 0.6) is 11.5 Å². The van der Waals surface area contributed by atoms with Gasteiger partial charge in [0.25, 0.3) is 0 Å². The second-order valence-corrected chi connectivity index (χ2v) is 8.83. The van der Waals surface area contributed by atoms with Gasteiger partial charge in [-0.25, -0.2) is 4.98 Å². The lowest BCUT2D eigenvalue weighted by molar-refractivity contribution is -0.111. The van der Waals surface area contributed by atoms with E-state index < -0.39 is 0 Å². The fourth-order valence-electron chi connectivity index (χ4n) is 3.79. The quantitative estimate of drug-likeness (QED) is 0.403. The third-order valence-electron chi connectivity index (χ3n) is 5.64. The second kappa shape index (κ2) is 11.0. The summed E-state index contributed by atoms with van der Waals surface area (Å²) in [5, 5.41) is 5.32. The summed E-state index contributed by atoms with van der Waals surface area (Å²) in [4.78, 5) is 16.8. The van der Waals surface area contributed by atoms with E-state index in [1.807, 2.05) is 53.9 Å². The predicted octanol–water partition coefficient (Wildman–Crippen LogP) is 6.43. The van der Waals surface area contributed by atoms with E-state index in [0.717, 1.165) is 34.9 Å². The van der Waals surface area contributed by atoms with Crippen LogP contribution in [0.15, 0.2) is 60.0 Å². The molecule has 1 amide bonds. The summed E-state index contributed by atoms with van der Waals surface area (Å²) in [5.41, 5.74) is 2.74. The summed E-state index contributed by atoms with van der Waals surface area (Å²) in [5.74, 6) is 2.15. The molecule has 4 rings (SSSR count). The van der Waals surface area contributed by atoms with Crippen molar-refractivity contribution in [2.75, 3.05) is 19.0 Å². The van der Waals surface area contributed by atoms with Gasteiger partial charge in [-0.15, -0.1) is 11.3 Å². The zero-order valence-corrected chi connectivity index (χ0v) is 19.1. The van der Waals surface area contributed by atoms with Crippen molar-refractivity contribution in [3.8, 4) is 22.8 Å². The lowest BCUT2D eigenvalue weighted by Crippen LogP contribution is -2.15. The van der Waals surface area contributed by atoms with E-state index in [1.54, 1.807) is 13.2 Å². The Hall–Kier alpha value is -3.12. The van der Waals surface area contributed by atoms with Crippen LogP contribution < -0.4 is 14.8 Å². The Labute approximate surface area is 193 Å². The Balaban J connectivity index is 1.27. The van der Waals surface area contributed by atoms with Gasteiger partial charge in [0.15, 0.2) is 5.13 Å². The lowest BCUT2D eigenvalue weighted by atomic mass is 9.90. The first-order valence-electron chi connectivity index (χ1n) is 11.0. The number of thiazole rings is 1. The first-order valence-corrected chi connectivity index (χ1v) is 11.9. The Morgan fingerprint density at radius 3 is 2.50 bits per heavy atom. The minimum absolute atomic E-state index is 0.210. The largest absolute Gasteiger partial charge is 0.497 e. The number of amides is 1. The van der Waals surface area contributed by atoms with Gasteiger partial charge < -0.3 is 9.47 Å². The fraction of sp³-hybridized carbons (Fsp3) is 0.308. The van der Waals surface area contributed by atoms with Crippen LogP contribution in [-0.4, -0.2) is 24.6 Å². The van der Waals surface area contributed by atoms with E-state index in [2.05, 4.69) is 10.3 Å². The molecular weight excluding hydrogens is 420 g/mol. The van der Waals surface area contributed by atoms with E-state index in [-0.39, 0.29) is 5.91 Å². The number of methoxy groups -OCH3 is 1. The van der Waals surface area contributed by atoms with Gasteiger partial charge in [-0.1, -0.05) is 31.4 Å². The maximum absolute atomic E-state index is 12.3. The van der Waals surface area contributed by atoms with Crippen molar-refractivity contribution >= 4 is 28.5 Å². The zero-order chi connectivity index (χ0) is 22.2. The lowest BCUT2D eigenvalue weighted by Gasteiger charge is -2.21. The minimum atomic E-state index is -0.210. The van der Waals surface area contributed by atoms with Gasteiger partial charge in [-0.3, -0.25) is 10.1 Å². The summed E-state index contributed by atoms with van der Waals surface area (Å²) in [7, 11) is 1.64. The summed E-state index contributed by atoms with van der Waals surface area (Å²) in [6.45, 7) is 0.796. The molecule has 166 valence electrons. The number of benzene rings is 2. The molecule has 1 heterocycles. The number of anilines is 1. The second-order valence-electron chi connectivity index (χ2n) is 7.97. The zero-order valence-electron chi connectivity index (χ0n) is 18.3. The standard InChI is InChI=1S/C26H28N2O3S/c1-30-22-14-10-21(11-15-22)24-18-32-26(27-24)28-25(29)16-9-19-7-12-23(13-8-19)31-17-20-5-3-2-4-6-20/h7-16,18,20H,2-6,17H2,1H3,(H,27,28,29)/b16-9+. The maximum atomic E-state index is 12.3. The molecule has 1 fully saturated rings. The van der Waals surface area contributed by atoms with Gasteiger partial charge in [0.2, 0.25) is 5.91 Å². The number of hydrogen-bond donors (Lipinski definition) is 1. The smallest absolute Gasteiger partial charge is 0.250 e. The van der Waals surface area contributed by atoms with Crippen molar-refractivity contribution < 1.29 is 14.3 Å². The van der Waals surface area contributed by atoms with Gasteiger partial charge in [-0.05, 0) is 66.8 Å². The van der Waals surface area contributed by atoms with E-state index in [1.165, 1.54) is 49.5 Å². The summed E-state index contributed by atoms with van der Waals surface area (Å²) in [6.07, 6.45) is 9.86. The molecule has 32 heavy (non-hydrogen) atoms. The van der Waals surface area contributed by atoms with Crippen LogP contribution in [0.1, 0.15) is 37.7 Å². The molecule has 2 aromatic carbocycles. The highest BCUT2D eigenvalue weighted by Gasteiger charge is 2.13. The number of carbonyl (C=O) groups excluding carboxylic acids is 1. The predicted molar refractivity (Wildman–Crippen MR) is 130 cm³/mol. The third kappa shape index (κ3) is 6.20. The highest BCUT2D eigenvalue weighted by molar-refractivity contribution is 7.14. The van der Waals surface area contributed by atoms with Crippen LogP contribution >= 0.6 is 11.3 Å².